The van der Waals surface area contributed by atoms with Crippen molar-refractivity contribution in [1.82, 2.24) is 0 Å². The smallest absolute Gasteiger partial charge is 0.414 e. The van der Waals surface area contributed by atoms with Gasteiger partial charge in [0.2, 0.25) is 0 Å². The highest BCUT2D eigenvalue weighted by molar-refractivity contribution is 5.93. The van der Waals surface area contributed by atoms with E-state index in [1.54, 1.807) is 18.2 Å². The Kier molecular flexibility index (Phi) is 5.00. The number of carbonyl (C=O) groups excluding carboxylic acids is 2. The highest BCUT2D eigenvalue weighted by Gasteiger charge is 2.29. The lowest BCUT2D eigenvalue weighted by Gasteiger charge is -2.31. The second-order valence-electron chi connectivity index (χ2n) is 5.84. The number of ether oxygens (including phenoxy) is 2. The maximum Gasteiger partial charge on any atom is 0.414 e. The molecule has 25 heavy (non-hydrogen) atoms. The van der Waals surface area contributed by atoms with Crippen LogP contribution in [0, 0.1) is 0 Å². The second-order valence-corrected chi connectivity index (χ2v) is 5.84. The topological polar surface area (TPSA) is 76.1 Å². The molecule has 6 nitrogen and oxygen atoms in total. The molecule has 0 saturated heterocycles. The second kappa shape index (κ2) is 7.36. The molecule has 1 amide bonds. The van der Waals surface area contributed by atoms with Gasteiger partial charge in [-0.05, 0) is 29.3 Å². The molecule has 1 N–H and O–H groups in total. The Morgan fingerprint density at radius 1 is 1.20 bits per heavy atom. The molecule has 0 spiro atoms. The van der Waals surface area contributed by atoms with E-state index < -0.39 is 18.2 Å². The zero-order chi connectivity index (χ0) is 17.8. The van der Waals surface area contributed by atoms with Crippen LogP contribution in [0.1, 0.15) is 21.5 Å². The van der Waals surface area contributed by atoms with Crippen molar-refractivity contribution in [3.8, 4) is 0 Å². The number of methoxy groups -OCH3 is 1. The van der Waals surface area contributed by atoms with Crippen LogP contribution in [0.4, 0.5) is 10.5 Å². The molecule has 3 rings (SSSR count). The molecule has 1 atom stereocenters. The Hall–Kier alpha value is -2.86. The number of fused-ring (bicyclic) bond motifs is 1. The van der Waals surface area contributed by atoms with Gasteiger partial charge < -0.3 is 14.6 Å². The number of anilines is 1. The Morgan fingerprint density at radius 3 is 2.68 bits per heavy atom. The van der Waals surface area contributed by atoms with E-state index in [4.69, 9.17) is 9.47 Å². The summed E-state index contributed by atoms with van der Waals surface area (Å²) in [6.07, 6.45) is -0.887. The minimum absolute atomic E-state index is 0.151. The van der Waals surface area contributed by atoms with Gasteiger partial charge in [-0.3, -0.25) is 4.90 Å². The van der Waals surface area contributed by atoms with Gasteiger partial charge in [0.05, 0.1) is 31.0 Å². The summed E-state index contributed by atoms with van der Waals surface area (Å²) < 4.78 is 10.1. The summed E-state index contributed by atoms with van der Waals surface area (Å²) in [6, 6.07) is 14.3. The zero-order valence-corrected chi connectivity index (χ0v) is 13.8. The third kappa shape index (κ3) is 3.80. The van der Waals surface area contributed by atoms with Crippen LogP contribution in [0.5, 0.6) is 0 Å². The van der Waals surface area contributed by atoms with E-state index >= 15 is 0 Å². The van der Waals surface area contributed by atoms with Crippen LogP contribution < -0.4 is 4.90 Å². The lowest BCUT2D eigenvalue weighted by Crippen LogP contribution is -2.42. The molecule has 0 radical (unpaired) electrons. The van der Waals surface area contributed by atoms with Crippen molar-refractivity contribution in [2.24, 2.45) is 0 Å². The van der Waals surface area contributed by atoms with Crippen LogP contribution in [0.25, 0.3) is 0 Å². The van der Waals surface area contributed by atoms with Gasteiger partial charge in [0.15, 0.2) is 0 Å². The Bertz CT molecular complexity index is 775. The standard InChI is InChI=1S/C19H19NO5/c1-24-18(22)14-7-8-17-15(9-14)10-16(21)11-20(17)19(23)25-12-13-5-3-2-4-6-13/h2-9,16,21H,10-12H2,1H3. The first kappa shape index (κ1) is 17.0. The monoisotopic (exact) mass is 341 g/mol. The molecular formula is C19H19NO5. The van der Waals surface area contributed by atoms with Gasteiger partial charge >= 0.3 is 12.1 Å². The SMILES string of the molecule is COC(=O)c1ccc2c(c1)CC(O)CN2C(=O)OCc1ccccc1. The molecule has 0 aliphatic carbocycles. The molecular weight excluding hydrogens is 322 g/mol. The van der Waals surface area contributed by atoms with Gasteiger partial charge in [-0.1, -0.05) is 30.3 Å². The molecule has 1 heterocycles. The average molecular weight is 341 g/mol. The normalized spacial score (nSPS) is 16.1. The van der Waals surface area contributed by atoms with Crippen LogP contribution >= 0.6 is 0 Å². The number of aliphatic hydroxyl groups excluding tert-OH is 1. The predicted octanol–water partition coefficient (Wildman–Crippen LogP) is 2.53. The molecule has 0 saturated carbocycles. The number of esters is 1. The van der Waals surface area contributed by atoms with Gasteiger partial charge in [0, 0.05) is 6.42 Å². The number of hydrogen-bond acceptors (Lipinski definition) is 5. The van der Waals surface area contributed by atoms with Gasteiger partial charge in [-0.15, -0.1) is 0 Å². The van der Waals surface area contributed by atoms with E-state index in [0.717, 1.165) is 5.56 Å². The summed E-state index contributed by atoms with van der Waals surface area (Å²) in [4.78, 5) is 25.5. The summed E-state index contributed by atoms with van der Waals surface area (Å²) >= 11 is 0. The summed E-state index contributed by atoms with van der Waals surface area (Å²) in [5.74, 6) is -0.457. The summed E-state index contributed by atoms with van der Waals surface area (Å²) in [7, 11) is 1.31. The van der Waals surface area contributed by atoms with E-state index in [0.29, 0.717) is 23.2 Å². The predicted molar refractivity (Wildman–Crippen MR) is 91.5 cm³/mol. The first-order valence-electron chi connectivity index (χ1n) is 7.96. The maximum absolute atomic E-state index is 12.5. The van der Waals surface area contributed by atoms with E-state index in [9.17, 15) is 14.7 Å². The highest BCUT2D eigenvalue weighted by atomic mass is 16.6. The summed E-state index contributed by atoms with van der Waals surface area (Å²) in [5, 5.41) is 10.1. The first-order chi connectivity index (χ1) is 12.1. The van der Waals surface area contributed by atoms with Crippen molar-refractivity contribution >= 4 is 17.7 Å². The zero-order valence-electron chi connectivity index (χ0n) is 13.8. The van der Waals surface area contributed by atoms with Gasteiger partial charge in [0.25, 0.3) is 0 Å². The molecule has 1 aliphatic rings. The minimum Gasteiger partial charge on any atom is -0.465 e. The lowest BCUT2D eigenvalue weighted by atomic mass is 9.98. The van der Waals surface area contributed by atoms with E-state index in [-0.39, 0.29) is 13.2 Å². The fourth-order valence-corrected chi connectivity index (χ4v) is 2.85. The third-order valence-corrected chi connectivity index (χ3v) is 4.07. The van der Waals surface area contributed by atoms with E-state index in [1.807, 2.05) is 30.3 Å². The van der Waals surface area contributed by atoms with Gasteiger partial charge in [-0.25, -0.2) is 9.59 Å². The van der Waals surface area contributed by atoms with Crippen LogP contribution in [0.3, 0.4) is 0 Å². The highest BCUT2D eigenvalue weighted by Crippen LogP contribution is 2.29. The first-order valence-corrected chi connectivity index (χ1v) is 7.96. The van der Waals surface area contributed by atoms with Crippen molar-refractivity contribution in [3.05, 3.63) is 65.2 Å². The van der Waals surface area contributed by atoms with E-state index in [1.165, 1.54) is 12.0 Å². The maximum atomic E-state index is 12.5. The van der Waals surface area contributed by atoms with Gasteiger partial charge in [-0.2, -0.15) is 0 Å². The number of amides is 1. The Balaban J connectivity index is 1.78. The number of hydrogen-bond donors (Lipinski definition) is 1. The number of β-amino-alcohol motifs (C(OH)–C–C–N with tert-alkyl or cyclic N) is 1. The van der Waals surface area contributed by atoms with Crippen LogP contribution in [0.2, 0.25) is 0 Å². The molecule has 2 aromatic rings. The Morgan fingerprint density at radius 2 is 1.96 bits per heavy atom. The summed E-state index contributed by atoms with van der Waals surface area (Å²) in [6.45, 7) is 0.306. The molecule has 1 unspecified atom stereocenters. The molecule has 130 valence electrons. The number of benzene rings is 2. The quantitative estimate of drug-likeness (QED) is 0.868. The van der Waals surface area contributed by atoms with Gasteiger partial charge in [0.1, 0.15) is 6.61 Å². The molecule has 0 fully saturated rings. The molecule has 2 aromatic carbocycles. The van der Waals surface area contributed by atoms with Crippen LogP contribution in [0.15, 0.2) is 48.5 Å². The third-order valence-electron chi connectivity index (χ3n) is 4.07. The fraction of sp³-hybridized carbons (Fsp3) is 0.263. The van der Waals surface area contributed by atoms with Crippen molar-refractivity contribution in [2.45, 2.75) is 19.1 Å². The summed E-state index contributed by atoms with van der Waals surface area (Å²) in [5.41, 5.74) is 2.61. The largest absolute Gasteiger partial charge is 0.465 e. The number of aliphatic hydroxyl groups is 1. The van der Waals surface area contributed by atoms with Crippen molar-refractivity contribution < 1.29 is 24.2 Å². The van der Waals surface area contributed by atoms with Crippen LogP contribution in [-0.4, -0.2) is 36.9 Å². The molecule has 6 heteroatoms. The minimum atomic E-state index is -0.718. The number of rotatable bonds is 3. The average Bonchev–Trinajstić information content (AvgIpc) is 2.65. The molecule has 1 aliphatic heterocycles. The number of nitrogens with zero attached hydrogens (tertiary/aromatic N) is 1. The molecule has 0 bridgehead atoms. The lowest BCUT2D eigenvalue weighted by molar-refractivity contribution is 0.0600. The fourth-order valence-electron chi connectivity index (χ4n) is 2.85. The number of carbonyl (C=O) groups is 2. The van der Waals surface area contributed by atoms with Crippen molar-refractivity contribution in [2.75, 3.05) is 18.6 Å². The van der Waals surface area contributed by atoms with E-state index in [2.05, 4.69) is 0 Å². The Labute approximate surface area is 145 Å². The van der Waals surface area contributed by atoms with Crippen LogP contribution in [-0.2, 0) is 22.5 Å². The van der Waals surface area contributed by atoms with Crippen molar-refractivity contribution in [3.63, 3.8) is 0 Å². The molecule has 0 aromatic heterocycles. The van der Waals surface area contributed by atoms with Crippen molar-refractivity contribution in [1.29, 1.82) is 0 Å².